The van der Waals surface area contributed by atoms with Crippen molar-refractivity contribution in [3.63, 3.8) is 0 Å². The lowest BCUT2D eigenvalue weighted by atomic mass is 10.1. The zero-order valence-corrected chi connectivity index (χ0v) is 11.0. The third-order valence-electron chi connectivity index (χ3n) is 2.66. The molecule has 0 saturated heterocycles. The number of carbonyl (C=O) groups excluding carboxylic acids is 1. The second kappa shape index (κ2) is 5.20. The molecule has 0 spiro atoms. The second-order valence-corrected chi connectivity index (χ2v) is 4.43. The van der Waals surface area contributed by atoms with Crippen molar-refractivity contribution in [2.45, 2.75) is 13.1 Å². The van der Waals surface area contributed by atoms with Crippen LogP contribution in [0.15, 0.2) is 34.9 Å². The van der Waals surface area contributed by atoms with E-state index in [1.54, 1.807) is 0 Å². The molecule has 0 aliphatic heterocycles. The number of rotatable bonds is 2. The van der Waals surface area contributed by atoms with Crippen LogP contribution in [-0.2, 0) is 6.18 Å². The molecule has 3 nitrogen and oxygen atoms in total. The van der Waals surface area contributed by atoms with Crippen LogP contribution in [0.3, 0.4) is 0 Å². The number of alkyl halides is 3. The Hall–Kier alpha value is -1.95. The summed E-state index contributed by atoms with van der Waals surface area (Å²) in [6, 6.07) is 4.88. The minimum atomic E-state index is -4.47. The molecular formula is C13H9ClF3NO2. The largest absolute Gasteiger partial charge is 0.452 e. The molecule has 0 bridgehead atoms. The van der Waals surface area contributed by atoms with Crippen LogP contribution in [0.4, 0.5) is 18.9 Å². The van der Waals surface area contributed by atoms with Gasteiger partial charge in [0.2, 0.25) is 5.22 Å². The number of furan rings is 1. The van der Waals surface area contributed by atoms with Crippen LogP contribution in [-0.4, -0.2) is 5.91 Å². The number of benzene rings is 1. The maximum Gasteiger partial charge on any atom is 0.416 e. The number of anilines is 1. The monoisotopic (exact) mass is 303 g/mol. The maximum atomic E-state index is 12.8. The van der Waals surface area contributed by atoms with E-state index in [1.165, 1.54) is 31.4 Å². The number of carbonyl (C=O) groups is 1. The van der Waals surface area contributed by atoms with Crippen LogP contribution in [0.5, 0.6) is 0 Å². The van der Waals surface area contributed by atoms with E-state index in [1.807, 2.05) is 0 Å². The minimum absolute atomic E-state index is 0.0326. The Morgan fingerprint density at radius 2 is 2.00 bits per heavy atom. The van der Waals surface area contributed by atoms with Crippen LogP contribution >= 0.6 is 11.6 Å². The van der Waals surface area contributed by atoms with Gasteiger partial charge in [-0.1, -0.05) is 6.07 Å². The van der Waals surface area contributed by atoms with Gasteiger partial charge in [0.25, 0.3) is 5.91 Å². The molecule has 1 aromatic heterocycles. The highest BCUT2D eigenvalue weighted by Crippen LogP contribution is 2.33. The van der Waals surface area contributed by atoms with Gasteiger partial charge in [0, 0.05) is 5.69 Å². The van der Waals surface area contributed by atoms with E-state index in [4.69, 9.17) is 16.0 Å². The van der Waals surface area contributed by atoms with Crippen molar-refractivity contribution in [1.29, 1.82) is 0 Å². The van der Waals surface area contributed by atoms with Crippen molar-refractivity contribution in [2.24, 2.45) is 0 Å². The first-order valence-corrected chi connectivity index (χ1v) is 5.89. The molecule has 1 heterocycles. The summed E-state index contributed by atoms with van der Waals surface area (Å²) < 4.78 is 43.0. The van der Waals surface area contributed by atoms with E-state index in [0.29, 0.717) is 0 Å². The fourth-order valence-electron chi connectivity index (χ4n) is 1.66. The third kappa shape index (κ3) is 2.96. The molecule has 106 valence electrons. The molecule has 20 heavy (non-hydrogen) atoms. The molecule has 0 unspecified atom stereocenters. The van der Waals surface area contributed by atoms with E-state index < -0.39 is 17.6 Å². The van der Waals surface area contributed by atoms with Crippen LogP contribution in [0.1, 0.15) is 21.5 Å². The first kappa shape index (κ1) is 14.5. The Labute approximate surface area is 117 Å². The molecule has 2 aromatic rings. The zero-order chi connectivity index (χ0) is 14.9. The Bertz CT molecular complexity index is 649. The Morgan fingerprint density at radius 3 is 2.55 bits per heavy atom. The molecule has 1 N–H and O–H groups in total. The summed E-state index contributed by atoms with van der Waals surface area (Å²) in [5.41, 5.74) is -0.628. The predicted octanol–water partition coefficient (Wildman–Crippen LogP) is 4.51. The minimum Gasteiger partial charge on any atom is -0.452 e. The molecule has 0 aliphatic rings. The Balaban J connectivity index is 2.27. The average Bonchev–Trinajstić information content (AvgIpc) is 2.76. The highest BCUT2D eigenvalue weighted by molar-refractivity contribution is 6.32. The zero-order valence-electron chi connectivity index (χ0n) is 10.2. The van der Waals surface area contributed by atoms with Gasteiger partial charge in [-0.15, -0.1) is 0 Å². The van der Waals surface area contributed by atoms with Gasteiger partial charge in [-0.25, -0.2) is 0 Å². The van der Waals surface area contributed by atoms with Gasteiger partial charge < -0.3 is 9.73 Å². The highest BCUT2D eigenvalue weighted by atomic mass is 35.5. The first-order chi connectivity index (χ1) is 9.29. The molecule has 7 heteroatoms. The fourth-order valence-corrected chi connectivity index (χ4v) is 1.86. The number of amides is 1. The Morgan fingerprint density at radius 1 is 1.30 bits per heavy atom. The molecule has 1 amide bonds. The van der Waals surface area contributed by atoms with E-state index in [0.717, 1.165) is 6.07 Å². The lowest BCUT2D eigenvalue weighted by Gasteiger charge is -2.12. The summed E-state index contributed by atoms with van der Waals surface area (Å²) in [7, 11) is 0. The van der Waals surface area contributed by atoms with Gasteiger partial charge >= 0.3 is 6.18 Å². The number of halogens is 4. The molecule has 0 atom stereocenters. The lowest BCUT2D eigenvalue weighted by molar-refractivity contribution is -0.138. The first-order valence-electron chi connectivity index (χ1n) is 5.51. The van der Waals surface area contributed by atoms with Gasteiger partial charge in [0.15, 0.2) is 0 Å². The normalized spacial score (nSPS) is 11.4. The van der Waals surface area contributed by atoms with Crippen LogP contribution in [0, 0.1) is 6.92 Å². The van der Waals surface area contributed by atoms with Gasteiger partial charge in [-0.2, -0.15) is 13.2 Å². The number of aryl methyl sites for hydroxylation is 1. The summed E-state index contributed by atoms with van der Waals surface area (Å²) in [5, 5.41) is 2.22. The van der Waals surface area contributed by atoms with E-state index in [9.17, 15) is 18.0 Å². The van der Waals surface area contributed by atoms with Crippen molar-refractivity contribution >= 4 is 23.2 Å². The quantitative estimate of drug-likeness (QED) is 0.886. The summed E-state index contributed by atoms with van der Waals surface area (Å²) in [5.74, 6) is -0.638. The van der Waals surface area contributed by atoms with Gasteiger partial charge in [-0.3, -0.25) is 4.79 Å². The molecule has 0 radical (unpaired) electrons. The molecule has 0 aliphatic carbocycles. The van der Waals surface area contributed by atoms with E-state index in [-0.39, 0.29) is 22.0 Å². The van der Waals surface area contributed by atoms with Crippen LogP contribution in [0.2, 0.25) is 5.22 Å². The SMILES string of the molecule is Cc1ccc(NC(=O)c2ccoc2Cl)cc1C(F)(F)F. The molecular weight excluding hydrogens is 295 g/mol. The summed E-state index contributed by atoms with van der Waals surface area (Å²) in [6.07, 6.45) is -3.26. The molecule has 0 saturated carbocycles. The molecule has 2 rings (SSSR count). The summed E-state index contributed by atoms with van der Waals surface area (Å²) in [6.45, 7) is 1.35. The van der Waals surface area contributed by atoms with Gasteiger partial charge in [-0.05, 0) is 42.3 Å². The number of nitrogens with one attached hydrogen (secondary N) is 1. The smallest absolute Gasteiger partial charge is 0.416 e. The van der Waals surface area contributed by atoms with E-state index in [2.05, 4.69) is 5.32 Å². The standard InChI is InChI=1S/C13H9ClF3NO2/c1-7-2-3-8(6-10(7)13(15,16)17)18-12(19)9-4-5-20-11(9)14/h2-6H,1H3,(H,18,19). The summed E-state index contributed by atoms with van der Waals surface area (Å²) >= 11 is 5.62. The summed E-state index contributed by atoms with van der Waals surface area (Å²) in [4.78, 5) is 11.8. The highest BCUT2D eigenvalue weighted by Gasteiger charge is 2.32. The van der Waals surface area contributed by atoms with Crippen molar-refractivity contribution in [3.05, 3.63) is 52.4 Å². The fraction of sp³-hybridized carbons (Fsp3) is 0.154. The number of hydrogen-bond acceptors (Lipinski definition) is 2. The van der Waals surface area contributed by atoms with Crippen molar-refractivity contribution in [3.8, 4) is 0 Å². The van der Waals surface area contributed by atoms with Crippen molar-refractivity contribution < 1.29 is 22.4 Å². The van der Waals surface area contributed by atoms with Crippen molar-refractivity contribution in [1.82, 2.24) is 0 Å². The van der Waals surface area contributed by atoms with Crippen molar-refractivity contribution in [2.75, 3.05) is 5.32 Å². The average molecular weight is 304 g/mol. The maximum absolute atomic E-state index is 12.8. The third-order valence-corrected chi connectivity index (χ3v) is 2.96. The molecule has 0 fully saturated rings. The lowest BCUT2D eigenvalue weighted by Crippen LogP contribution is -2.13. The van der Waals surface area contributed by atoms with Crippen LogP contribution in [0.25, 0.3) is 0 Å². The number of hydrogen-bond donors (Lipinski definition) is 1. The second-order valence-electron chi connectivity index (χ2n) is 4.09. The van der Waals surface area contributed by atoms with Gasteiger partial charge in [0.05, 0.1) is 17.4 Å². The van der Waals surface area contributed by atoms with E-state index >= 15 is 0 Å². The van der Waals surface area contributed by atoms with Crippen LogP contribution < -0.4 is 5.32 Å². The van der Waals surface area contributed by atoms with Gasteiger partial charge in [0.1, 0.15) is 0 Å². The molecule has 1 aromatic carbocycles. The predicted molar refractivity (Wildman–Crippen MR) is 67.9 cm³/mol. The Kier molecular flexibility index (Phi) is 3.76. The topological polar surface area (TPSA) is 42.2 Å².